The SMILES string of the molecule is CC.CC(C)=CCc1cccc(N(Cc2ccc(-c3ccc(N(C)C)cc3)cc2)C(=O)C2CCCCC2)c1. The molecule has 0 aliphatic heterocycles. The summed E-state index contributed by atoms with van der Waals surface area (Å²) in [5.74, 6) is 0.409. The minimum Gasteiger partial charge on any atom is -0.378 e. The van der Waals surface area contributed by atoms with Gasteiger partial charge in [-0.25, -0.2) is 0 Å². The van der Waals surface area contributed by atoms with Gasteiger partial charge in [-0.1, -0.05) is 93.3 Å². The van der Waals surface area contributed by atoms with Crippen LogP contribution in [0.3, 0.4) is 0 Å². The fourth-order valence-corrected chi connectivity index (χ4v) is 4.98. The Hall–Kier alpha value is -3.33. The van der Waals surface area contributed by atoms with Crippen LogP contribution in [0.2, 0.25) is 0 Å². The quantitative estimate of drug-likeness (QED) is 0.282. The molecule has 0 bridgehead atoms. The van der Waals surface area contributed by atoms with Crippen LogP contribution in [0.4, 0.5) is 11.4 Å². The highest BCUT2D eigenvalue weighted by Gasteiger charge is 2.27. The molecular weight excluding hydrogens is 464 g/mol. The second-order valence-electron chi connectivity index (χ2n) is 10.6. The molecule has 0 heterocycles. The van der Waals surface area contributed by atoms with Crippen molar-refractivity contribution in [2.75, 3.05) is 23.9 Å². The van der Waals surface area contributed by atoms with Crippen LogP contribution in [0.25, 0.3) is 11.1 Å². The van der Waals surface area contributed by atoms with Gasteiger partial charge in [0, 0.05) is 31.4 Å². The second-order valence-corrected chi connectivity index (χ2v) is 10.6. The van der Waals surface area contributed by atoms with Crippen molar-refractivity contribution in [3.05, 3.63) is 95.6 Å². The Kier molecular flexibility index (Phi) is 11.2. The number of nitrogens with zero attached hydrogens (tertiary/aromatic N) is 2. The predicted octanol–water partition coefficient (Wildman–Crippen LogP) is 9.07. The van der Waals surface area contributed by atoms with Crippen molar-refractivity contribution in [2.45, 2.75) is 72.8 Å². The molecule has 0 unspecified atom stereocenters. The molecule has 4 rings (SSSR count). The topological polar surface area (TPSA) is 23.6 Å². The summed E-state index contributed by atoms with van der Waals surface area (Å²) in [5.41, 5.74) is 8.31. The lowest BCUT2D eigenvalue weighted by Gasteiger charge is -2.30. The summed E-state index contributed by atoms with van der Waals surface area (Å²) in [5, 5.41) is 0. The molecule has 0 spiro atoms. The molecule has 3 heteroatoms. The third-order valence-electron chi connectivity index (χ3n) is 7.20. The Bertz CT molecular complexity index is 1170. The summed E-state index contributed by atoms with van der Waals surface area (Å²) in [6, 6.07) is 25.9. The Labute approximate surface area is 231 Å². The lowest BCUT2D eigenvalue weighted by molar-refractivity contribution is -0.123. The predicted molar refractivity (Wildman–Crippen MR) is 165 cm³/mol. The van der Waals surface area contributed by atoms with Crippen molar-refractivity contribution in [3.63, 3.8) is 0 Å². The van der Waals surface area contributed by atoms with Gasteiger partial charge >= 0.3 is 0 Å². The molecule has 38 heavy (non-hydrogen) atoms. The molecule has 1 aliphatic carbocycles. The van der Waals surface area contributed by atoms with E-state index in [1.807, 2.05) is 18.7 Å². The number of benzene rings is 3. The minimum atomic E-state index is 0.134. The van der Waals surface area contributed by atoms with Gasteiger partial charge in [0.15, 0.2) is 0 Å². The molecule has 3 nitrogen and oxygen atoms in total. The molecule has 0 radical (unpaired) electrons. The molecule has 0 atom stereocenters. The average Bonchev–Trinajstić information content (AvgIpc) is 2.96. The molecule has 1 saturated carbocycles. The summed E-state index contributed by atoms with van der Waals surface area (Å²) in [6.45, 7) is 8.85. The average molecular weight is 511 g/mol. The monoisotopic (exact) mass is 510 g/mol. The van der Waals surface area contributed by atoms with Crippen molar-refractivity contribution in [1.82, 2.24) is 0 Å². The Morgan fingerprint density at radius 3 is 1.97 bits per heavy atom. The second kappa shape index (κ2) is 14.6. The number of amides is 1. The Balaban J connectivity index is 0.00000195. The zero-order valence-corrected chi connectivity index (χ0v) is 24.3. The van der Waals surface area contributed by atoms with E-state index in [1.54, 1.807) is 0 Å². The van der Waals surface area contributed by atoms with Crippen molar-refractivity contribution < 1.29 is 4.79 Å². The molecule has 0 aromatic heterocycles. The first-order chi connectivity index (χ1) is 18.4. The molecule has 1 aliphatic rings. The standard InChI is InChI=1S/C33H40N2O.C2H6/c1-25(2)13-14-26-9-8-12-32(23-26)35(33(36)30-10-6-5-7-11-30)24-27-15-17-28(18-16-27)29-19-21-31(22-20-29)34(3)4;1-2/h8-9,12-13,15-23,30H,5-7,10-11,14,24H2,1-4H3;1-2H3. The first kappa shape index (κ1) is 29.2. The van der Waals surface area contributed by atoms with Gasteiger partial charge in [0.2, 0.25) is 5.91 Å². The van der Waals surface area contributed by atoms with Gasteiger partial charge in [0.25, 0.3) is 0 Å². The van der Waals surface area contributed by atoms with E-state index in [1.165, 1.54) is 34.4 Å². The van der Waals surface area contributed by atoms with Crippen LogP contribution in [0, 0.1) is 5.92 Å². The first-order valence-corrected chi connectivity index (χ1v) is 14.3. The van der Waals surface area contributed by atoms with Crippen LogP contribution >= 0.6 is 0 Å². The Morgan fingerprint density at radius 2 is 1.39 bits per heavy atom. The van der Waals surface area contributed by atoms with Gasteiger partial charge in [0.05, 0.1) is 6.54 Å². The van der Waals surface area contributed by atoms with Crippen LogP contribution in [0.15, 0.2) is 84.4 Å². The van der Waals surface area contributed by atoms with E-state index >= 15 is 0 Å². The lowest BCUT2D eigenvalue weighted by atomic mass is 9.88. The lowest BCUT2D eigenvalue weighted by Crippen LogP contribution is -2.36. The van der Waals surface area contributed by atoms with E-state index in [4.69, 9.17) is 0 Å². The molecular formula is C35H46N2O. The van der Waals surface area contributed by atoms with E-state index in [0.29, 0.717) is 6.54 Å². The van der Waals surface area contributed by atoms with Gasteiger partial charge in [-0.3, -0.25) is 4.79 Å². The van der Waals surface area contributed by atoms with Crippen molar-refractivity contribution in [1.29, 1.82) is 0 Å². The maximum absolute atomic E-state index is 13.8. The van der Waals surface area contributed by atoms with Crippen LogP contribution in [0.1, 0.15) is 70.9 Å². The van der Waals surface area contributed by atoms with Gasteiger partial charge < -0.3 is 9.80 Å². The highest BCUT2D eigenvalue weighted by Crippen LogP contribution is 2.30. The number of hydrogen-bond donors (Lipinski definition) is 0. The van der Waals surface area contributed by atoms with Gasteiger partial charge in [-0.05, 0) is 79.6 Å². The summed E-state index contributed by atoms with van der Waals surface area (Å²) in [6.07, 6.45) is 8.72. The zero-order valence-electron chi connectivity index (χ0n) is 24.3. The van der Waals surface area contributed by atoms with E-state index in [9.17, 15) is 4.79 Å². The molecule has 202 valence electrons. The normalized spacial score (nSPS) is 13.2. The maximum Gasteiger partial charge on any atom is 0.230 e. The highest BCUT2D eigenvalue weighted by atomic mass is 16.2. The van der Waals surface area contributed by atoms with Crippen LogP contribution < -0.4 is 9.80 Å². The summed E-state index contributed by atoms with van der Waals surface area (Å²) < 4.78 is 0. The molecule has 1 fully saturated rings. The molecule has 0 N–H and O–H groups in total. The molecule has 1 amide bonds. The van der Waals surface area contributed by atoms with Gasteiger partial charge in [0.1, 0.15) is 0 Å². The van der Waals surface area contributed by atoms with E-state index in [0.717, 1.165) is 43.4 Å². The van der Waals surface area contributed by atoms with Crippen molar-refractivity contribution >= 4 is 17.3 Å². The van der Waals surface area contributed by atoms with E-state index in [-0.39, 0.29) is 11.8 Å². The first-order valence-electron chi connectivity index (χ1n) is 14.3. The number of hydrogen-bond acceptors (Lipinski definition) is 2. The van der Waals surface area contributed by atoms with Gasteiger partial charge in [-0.15, -0.1) is 0 Å². The van der Waals surface area contributed by atoms with E-state index < -0.39 is 0 Å². The van der Waals surface area contributed by atoms with Crippen LogP contribution in [0.5, 0.6) is 0 Å². The molecule has 0 saturated heterocycles. The van der Waals surface area contributed by atoms with E-state index in [2.05, 4.69) is 112 Å². The Morgan fingerprint density at radius 1 is 0.789 bits per heavy atom. The third-order valence-corrected chi connectivity index (χ3v) is 7.20. The summed E-state index contributed by atoms with van der Waals surface area (Å²) in [4.78, 5) is 17.9. The number of rotatable bonds is 8. The van der Waals surface area contributed by atoms with Crippen LogP contribution in [-0.2, 0) is 17.8 Å². The highest BCUT2D eigenvalue weighted by molar-refractivity contribution is 5.95. The number of carbonyl (C=O) groups is 1. The van der Waals surface area contributed by atoms with Crippen molar-refractivity contribution in [2.24, 2.45) is 5.92 Å². The van der Waals surface area contributed by atoms with Crippen LogP contribution in [-0.4, -0.2) is 20.0 Å². The van der Waals surface area contributed by atoms with Gasteiger partial charge in [-0.2, -0.15) is 0 Å². The van der Waals surface area contributed by atoms with Crippen molar-refractivity contribution in [3.8, 4) is 11.1 Å². The fourth-order valence-electron chi connectivity index (χ4n) is 4.98. The fraction of sp³-hybridized carbons (Fsp3) is 0.400. The molecule has 3 aromatic rings. The zero-order chi connectivity index (χ0) is 27.5. The number of allylic oxidation sites excluding steroid dienone is 2. The smallest absolute Gasteiger partial charge is 0.230 e. The summed E-state index contributed by atoms with van der Waals surface area (Å²) in [7, 11) is 4.11. The number of anilines is 2. The maximum atomic E-state index is 13.8. The summed E-state index contributed by atoms with van der Waals surface area (Å²) >= 11 is 0. The molecule has 3 aromatic carbocycles. The third kappa shape index (κ3) is 8.08. The minimum absolute atomic E-state index is 0.134. The number of carbonyl (C=O) groups excluding carboxylic acids is 1. The largest absolute Gasteiger partial charge is 0.378 e.